The Balaban J connectivity index is 1.32. The molecule has 0 N–H and O–H groups in total. The first kappa shape index (κ1) is 24.4. The Labute approximate surface area is 253 Å². The van der Waals surface area contributed by atoms with Gasteiger partial charge in [0.25, 0.3) is 0 Å². The third-order valence-corrected chi connectivity index (χ3v) is 10.9. The maximum atomic E-state index is 5.18. The van der Waals surface area contributed by atoms with Crippen molar-refractivity contribution in [1.82, 2.24) is 15.0 Å². The average molecular weight is 613 g/mol. The van der Waals surface area contributed by atoms with E-state index in [4.69, 9.17) is 15.0 Å². The van der Waals surface area contributed by atoms with Gasteiger partial charge in [-0.3, -0.25) is 0 Å². The number of fused-ring (bicyclic) bond motifs is 9. The third-order valence-electron chi connectivity index (χ3n) is 8.31. The van der Waals surface area contributed by atoms with Crippen LogP contribution in [0, 0.1) is 0 Å². The molecule has 9 rings (SSSR count). The minimum absolute atomic E-state index is 0.186. The first-order chi connectivity index (χ1) is 21.3. The van der Waals surface area contributed by atoms with Crippen LogP contribution < -0.4 is 0 Å². The van der Waals surface area contributed by atoms with Crippen LogP contribution in [0.3, 0.4) is 0 Å². The Morgan fingerprint density at radius 2 is 0.884 bits per heavy atom. The molecule has 0 atom stereocenters. The van der Waals surface area contributed by atoms with Crippen molar-refractivity contribution in [2.75, 3.05) is 0 Å². The van der Waals surface area contributed by atoms with Crippen molar-refractivity contribution in [1.29, 1.82) is 0 Å². The van der Waals surface area contributed by atoms with Gasteiger partial charge in [0.2, 0.25) is 0 Å². The van der Waals surface area contributed by atoms with Crippen LogP contribution in [0.4, 0.5) is 0 Å². The van der Waals surface area contributed by atoms with Gasteiger partial charge in [-0.1, -0.05) is 6.07 Å². The van der Waals surface area contributed by atoms with Crippen LogP contribution in [0.1, 0.15) is 0 Å². The van der Waals surface area contributed by atoms with Crippen molar-refractivity contribution in [2.24, 2.45) is 0 Å². The molecule has 0 radical (unpaired) electrons. The summed E-state index contributed by atoms with van der Waals surface area (Å²) in [5, 5.41) is 10.1. The third kappa shape index (κ3) is 3.92. The monoisotopic (exact) mass is 613 g/mol. The van der Waals surface area contributed by atoms with Gasteiger partial charge in [-0.05, 0) is 0 Å². The second-order valence-electron chi connectivity index (χ2n) is 10.8. The molecular weight excluding hydrogens is 589 g/mol. The summed E-state index contributed by atoms with van der Waals surface area (Å²) in [5.41, 5.74) is 3.05. The van der Waals surface area contributed by atoms with E-state index >= 15 is 0 Å². The van der Waals surface area contributed by atoms with Crippen molar-refractivity contribution < 1.29 is 0 Å². The van der Waals surface area contributed by atoms with E-state index in [0.29, 0.717) is 11.6 Å². The van der Waals surface area contributed by atoms with Crippen LogP contribution >= 0.6 is 0 Å². The number of aromatic nitrogens is 3. The molecule has 0 aliphatic carbocycles. The van der Waals surface area contributed by atoms with Gasteiger partial charge in [0.15, 0.2) is 0 Å². The fourth-order valence-corrected chi connectivity index (χ4v) is 8.85. The molecule has 7 aromatic carbocycles. The molecule has 0 aliphatic rings. The standard InChI is InChI=1S/C39H23N3Se/c1-2-11-24(12-3-1)37-40-38(42-39(41-37)33-19-10-18-32-31-17-8-9-20-35(31)43-36(32)33)25-21-22-30-28-15-5-4-13-26(28)27-14-6-7-16-29(27)34(30)23-25/h1-23H. The van der Waals surface area contributed by atoms with E-state index in [1.165, 1.54) is 51.6 Å². The minimum atomic E-state index is 0.186. The summed E-state index contributed by atoms with van der Waals surface area (Å²) in [5.74, 6) is 2.09. The van der Waals surface area contributed by atoms with Crippen LogP contribution in [-0.4, -0.2) is 29.5 Å². The van der Waals surface area contributed by atoms with Crippen LogP contribution in [-0.2, 0) is 0 Å². The Morgan fingerprint density at radius 1 is 0.349 bits per heavy atom. The number of nitrogens with zero attached hydrogens (tertiary/aromatic N) is 3. The summed E-state index contributed by atoms with van der Waals surface area (Å²) in [6.07, 6.45) is 0. The summed E-state index contributed by atoms with van der Waals surface area (Å²) < 4.78 is 2.74. The van der Waals surface area contributed by atoms with Crippen LogP contribution in [0.5, 0.6) is 0 Å². The van der Waals surface area contributed by atoms with Gasteiger partial charge in [-0.2, -0.15) is 0 Å². The molecule has 0 unspecified atom stereocenters. The van der Waals surface area contributed by atoms with Crippen LogP contribution in [0.15, 0.2) is 140 Å². The van der Waals surface area contributed by atoms with Crippen molar-refractivity contribution >= 4 is 66.1 Å². The normalized spacial score (nSPS) is 11.7. The molecule has 0 bridgehead atoms. The predicted octanol–water partition coefficient (Wildman–Crippen LogP) is 9.70. The van der Waals surface area contributed by atoms with Gasteiger partial charge in [-0.15, -0.1) is 0 Å². The first-order valence-corrected chi connectivity index (χ1v) is 16.1. The molecule has 3 nitrogen and oxygen atoms in total. The number of benzene rings is 7. The molecule has 2 heterocycles. The van der Waals surface area contributed by atoms with Crippen molar-refractivity contribution in [2.45, 2.75) is 0 Å². The molecule has 2 aromatic heterocycles. The Morgan fingerprint density at radius 3 is 1.60 bits per heavy atom. The maximum absolute atomic E-state index is 5.18. The number of rotatable bonds is 3. The summed E-state index contributed by atoms with van der Waals surface area (Å²) >= 11 is 0.186. The van der Waals surface area contributed by atoms with E-state index in [-0.39, 0.29) is 14.5 Å². The van der Waals surface area contributed by atoms with Crippen molar-refractivity contribution in [3.63, 3.8) is 0 Å². The van der Waals surface area contributed by atoms with Gasteiger partial charge < -0.3 is 0 Å². The van der Waals surface area contributed by atoms with Gasteiger partial charge in [0.1, 0.15) is 0 Å². The van der Waals surface area contributed by atoms with E-state index in [9.17, 15) is 0 Å². The Bertz CT molecular complexity index is 2480. The molecule has 0 aliphatic heterocycles. The zero-order valence-electron chi connectivity index (χ0n) is 23.0. The Kier molecular flexibility index (Phi) is 5.52. The zero-order valence-corrected chi connectivity index (χ0v) is 24.7. The van der Waals surface area contributed by atoms with E-state index < -0.39 is 0 Å². The molecule has 0 fully saturated rings. The summed E-state index contributed by atoms with van der Waals surface area (Å²) in [6.45, 7) is 0. The van der Waals surface area contributed by atoms with Gasteiger partial charge in [-0.25, -0.2) is 0 Å². The molecule has 0 spiro atoms. The van der Waals surface area contributed by atoms with E-state index in [1.54, 1.807) is 0 Å². The topological polar surface area (TPSA) is 38.7 Å². The number of hydrogen-bond donors (Lipinski definition) is 0. The molecule has 200 valence electrons. The quantitative estimate of drug-likeness (QED) is 0.147. The SMILES string of the molecule is c1ccc(-c2nc(-c3ccc4c5ccccc5c5ccccc5c4c3)nc(-c3cccc4c3[se]c3ccccc34)n2)cc1. The second-order valence-corrected chi connectivity index (χ2v) is 13.0. The van der Waals surface area contributed by atoms with E-state index in [2.05, 4.69) is 121 Å². The van der Waals surface area contributed by atoms with Crippen LogP contribution in [0.25, 0.3) is 85.8 Å². The molecule has 0 saturated carbocycles. The molecule has 0 amide bonds. The fourth-order valence-electron chi connectivity index (χ4n) is 6.31. The van der Waals surface area contributed by atoms with Crippen molar-refractivity contribution in [3.05, 3.63) is 140 Å². The van der Waals surface area contributed by atoms with Crippen molar-refractivity contribution in [3.8, 4) is 34.2 Å². The molecule has 9 aromatic rings. The van der Waals surface area contributed by atoms with Gasteiger partial charge >= 0.3 is 249 Å². The first-order valence-electron chi connectivity index (χ1n) is 14.4. The molecule has 4 heteroatoms. The predicted molar refractivity (Wildman–Crippen MR) is 181 cm³/mol. The van der Waals surface area contributed by atoms with Gasteiger partial charge in [0.05, 0.1) is 0 Å². The zero-order chi connectivity index (χ0) is 28.3. The Hall–Kier alpha value is -5.15. The average Bonchev–Trinajstić information content (AvgIpc) is 3.47. The molecule has 43 heavy (non-hydrogen) atoms. The van der Waals surface area contributed by atoms with Crippen LogP contribution in [0.2, 0.25) is 0 Å². The summed E-state index contributed by atoms with van der Waals surface area (Å²) in [6, 6.07) is 49.5. The molecular formula is C39H23N3Se. The number of hydrogen-bond acceptors (Lipinski definition) is 3. The van der Waals surface area contributed by atoms with E-state index in [1.807, 2.05) is 18.2 Å². The fraction of sp³-hybridized carbons (Fsp3) is 0. The second kappa shape index (κ2) is 9.71. The molecule has 0 saturated heterocycles. The summed E-state index contributed by atoms with van der Waals surface area (Å²) in [4.78, 5) is 15.3. The van der Waals surface area contributed by atoms with E-state index in [0.717, 1.165) is 22.5 Å². The van der Waals surface area contributed by atoms with Gasteiger partial charge in [0, 0.05) is 0 Å². The summed E-state index contributed by atoms with van der Waals surface area (Å²) in [7, 11) is 0.